The smallest absolute Gasteiger partial charge is 0.162 e. The molecule has 0 aromatic heterocycles. The predicted molar refractivity (Wildman–Crippen MR) is 90.8 cm³/mol. The standard InChI is InChI=1S/C16H26O3S2/c1-3-20-16(21-4-2)10-12(14(18)9-15(16)19)11-7-5-6-8-13(11)17/h9,11-13,17,19H,3-8,10H2,1-2H3/t11-,12?,13+/m0/s1. The first-order valence-corrected chi connectivity index (χ1v) is 9.92. The summed E-state index contributed by atoms with van der Waals surface area (Å²) >= 11 is 3.43. The van der Waals surface area contributed by atoms with Gasteiger partial charge in [0.2, 0.25) is 0 Å². The summed E-state index contributed by atoms with van der Waals surface area (Å²) in [6.07, 6.45) is 5.59. The Bertz CT molecular complexity index is 402. The highest BCUT2D eigenvalue weighted by molar-refractivity contribution is 8.18. The van der Waals surface area contributed by atoms with E-state index in [0.29, 0.717) is 6.42 Å². The Hall–Kier alpha value is -0.130. The monoisotopic (exact) mass is 330 g/mol. The number of aliphatic hydroxyl groups excluding tert-OH is 2. The summed E-state index contributed by atoms with van der Waals surface area (Å²) in [6.45, 7) is 4.16. The number of hydrogen-bond donors (Lipinski definition) is 2. The number of allylic oxidation sites excluding steroid dienone is 1. The molecule has 2 rings (SSSR count). The Morgan fingerprint density at radius 1 is 1.24 bits per heavy atom. The van der Waals surface area contributed by atoms with Gasteiger partial charge in [0.15, 0.2) is 5.78 Å². The third-order valence-corrected chi connectivity index (χ3v) is 7.55. The van der Waals surface area contributed by atoms with E-state index in [1.54, 1.807) is 23.5 Å². The lowest BCUT2D eigenvalue weighted by atomic mass is 9.72. The molecule has 3 nitrogen and oxygen atoms in total. The van der Waals surface area contributed by atoms with Crippen LogP contribution in [0.25, 0.3) is 0 Å². The maximum absolute atomic E-state index is 12.4. The second kappa shape index (κ2) is 7.42. The van der Waals surface area contributed by atoms with Crippen LogP contribution in [-0.2, 0) is 4.79 Å². The zero-order valence-corrected chi connectivity index (χ0v) is 14.5. The number of thioether (sulfide) groups is 2. The number of carbonyl (C=O) groups is 1. The van der Waals surface area contributed by atoms with Crippen molar-refractivity contribution < 1.29 is 15.0 Å². The Balaban J connectivity index is 2.25. The van der Waals surface area contributed by atoms with Crippen molar-refractivity contribution in [1.82, 2.24) is 0 Å². The maximum atomic E-state index is 12.4. The molecule has 0 spiro atoms. The summed E-state index contributed by atoms with van der Waals surface area (Å²) in [5.74, 6) is 1.94. The summed E-state index contributed by atoms with van der Waals surface area (Å²) in [5.41, 5.74) is 0. The Morgan fingerprint density at radius 2 is 1.86 bits per heavy atom. The fourth-order valence-electron chi connectivity index (χ4n) is 3.59. The molecule has 0 radical (unpaired) electrons. The molecule has 2 aliphatic rings. The summed E-state index contributed by atoms with van der Waals surface area (Å²) in [7, 11) is 0. The van der Waals surface area contributed by atoms with Gasteiger partial charge >= 0.3 is 0 Å². The molecule has 0 aromatic carbocycles. The molecular formula is C16H26O3S2. The molecule has 0 heterocycles. The van der Waals surface area contributed by atoms with E-state index < -0.39 is 4.08 Å². The first-order chi connectivity index (χ1) is 10.0. The Labute approximate surface area is 136 Å². The normalized spacial score (nSPS) is 32.8. The minimum atomic E-state index is -0.404. The second-order valence-corrected chi connectivity index (χ2v) is 9.26. The van der Waals surface area contributed by atoms with Crippen molar-refractivity contribution >= 4 is 29.3 Å². The molecule has 1 fully saturated rings. The van der Waals surface area contributed by atoms with Gasteiger partial charge in [0.25, 0.3) is 0 Å². The van der Waals surface area contributed by atoms with Gasteiger partial charge in [0.05, 0.1) is 6.10 Å². The second-order valence-electron chi connectivity index (χ2n) is 5.88. The predicted octanol–water partition coefficient (Wildman–Crippen LogP) is 3.77. The molecule has 21 heavy (non-hydrogen) atoms. The minimum Gasteiger partial charge on any atom is -0.510 e. The van der Waals surface area contributed by atoms with Crippen molar-refractivity contribution in [3.05, 3.63) is 11.8 Å². The molecule has 0 aromatic rings. The van der Waals surface area contributed by atoms with Crippen LogP contribution in [0.4, 0.5) is 0 Å². The van der Waals surface area contributed by atoms with Gasteiger partial charge in [0, 0.05) is 12.0 Å². The molecule has 0 amide bonds. The first-order valence-electron chi connectivity index (χ1n) is 7.95. The van der Waals surface area contributed by atoms with Gasteiger partial charge in [0.1, 0.15) is 9.84 Å². The fraction of sp³-hybridized carbons (Fsp3) is 0.812. The zero-order valence-electron chi connectivity index (χ0n) is 12.9. The quantitative estimate of drug-likeness (QED) is 0.752. The van der Waals surface area contributed by atoms with Crippen LogP contribution in [0.1, 0.15) is 46.0 Å². The molecular weight excluding hydrogens is 304 g/mol. The van der Waals surface area contributed by atoms with Gasteiger partial charge in [-0.1, -0.05) is 26.7 Å². The zero-order chi connectivity index (χ0) is 15.5. The van der Waals surface area contributed by atoms with E-state index in [-0.39, 0.29) is 29.5 Å². The third-order valence-electron chi connectivity index (χ3n) is 4.58. The molecule has 0 bridgehead atoms. The topological polar surface area (TPSA) is 57.5 Å². The minimum absolute atomic E-state index is 0.00230. The van der Waals surface area contributed by atoms with Gasteiger partial charge in [-0.25, -0.2) is 0 Å². The number of ketones is 1. The Kier molecular flexibility index (Phi) is 6.09. The van der Waals surface area contributed by atoms with Gasteiger partial charge in [-0.2, -0.15) is 0 Å². The van der Waals surface area contributed by atoms with Crippen LogP contribution in [0.15, 0.2) is 11.8 Å². The highest BCUT2D eigenvalue weighted by Crippen LogP contribution is 2.51. The lowest BCUT2D eigenvalue weighted by molar-refractivity contribution is -0.123. The van der Waals surface area contributed by atoms with E-state index >= 15 is 0 Å². The van der Waals surface area contributed by atoms with Gasteiger partial charge < -0.3 is 10.2 Å². The number of carbonyl (C=O) groups excluding carboxylic acids is 1. The molecule has 5 heteroatoms. The lowest BCUT2D eigenvalue weighted by Gasteiger charge is -2.42. The summed E-state index contributed by atoms with van der Waals surface area (Å²) < 4.78 is -0.404. The van der Waals surface area contributed by atoms with Crippen LogP contribution in [0.2, 0.25) is 0 Å². The van der Waals surface area contributed by atoms with Crippen LogP contribution < -0.4 is 0 Å². The average molecular weight is 331 g/mol. The molecule has 1 saturated carbocycles. The number of aliphatic hydroxyl groups is 2. The molecule has 3 atom stereocenters. The van der Waals surface area contributed by atoms with Gasteiger partial charge in [-0.15, -0.1) is 23.5 Å². The van der Waals surface area contributed by atoms with Gasteiger partial charge in [-0.05, 0) is 36.7 Å². The van der Waals surface area contributed by atoms with Crippen molar-refractivity contribution in [2.24, 2.45) is 11.8 Å². The van der Waals surface area contributed by atoms with Crippen LogP contribution in [0.3, 0.4) is 0 Å². The maximum Gasteiger partial charge on any atom is 0.162 e. The highest BCUT2D eigenvalue weighted by atomic mass is 32.2. The van der Waals surface area contributed by atoms with E-state index in [0.717, 1.165) is 37.2 Å². The molecule has 0 aliphatic heterocycles. The Morgan fingerprint density at radius 3 is 2.43 bits per heavy atom. The third kappa shape index (κ3) is 3.62. The van der Waals surface area contributed by atoms with Crippen LogP contribution in [0.5, 0.6) is 0 Å². The van der Waals surface area contributed by atoms with Crippen molar-refractivity contribution in [2.45, 2.75) is 56.1 Å². The van der Waals surface area contributed by atoms with Crippen LogP contribution in [-0.4, -0.2) is 37.7 Å². The first kappa shape index (κ1) is 17.2. The molecule has 2 aliphatic carbocycles. The molecule has 120 valence electrons. The van der Waals surface area contributed by atoms with E-state index in [2.05, 4.69) is 13.8 Å². The highest BCUT2D eigenvalue weighted by Gasteiger charge is 2.47. The largest absolute Gasteiger partial charge is 0.510 e. The van der Waals surface area contributed by atoms with Crippen molar-refractivity contribution in [3.8, 4) is 0 Å². The summed E-state index contributed by atoms with van der Waals surface area (Å²) in [4.78, 5) is 12.4. The molecule has 1 unspecified atom stereocenters. The number of rotatable bonds is 5. The molecule has 2 N–H and O–H groups in total. The van der Waals surface area contributed by atoms with Crippen molar-refractivity contribution in [3.63, 3.8) is 0 Å². The van der Waals surface area contributed by atoms with E-state index in [4.69, 9.17) is 0 Å². The average Bonchev–Trinajstić information content (AvgIpc) is 2.44. The van der Waals surface area contributed by atoms with E-state index in [9.17, 15) is 15.0 Å². The number of hydrogen-bond acceptors (Lipinski definition) is 5. The SMILES string of the molecule is CCSC1(SCC)CC([C@@H]2CCCC[C@H]2O)C(=O)C=C1O. The summed E-state index contributed by atoms with van der Waals surface area (Å²) in [5, 5.41) is 20.7. The van der Waals surface area contributed by atoms with E-state index in [1.165, 1.54) is 6.08 Å². The van der Waals surface area contributed by atoms with Crippen molar-refractivity contribution in [2.75, 3.05) is 11.5 Å². The van der Waals surface area contributed by atoms with Gasteiger partial charge in [-0.3, -0.25) is 4.79 Å². The van der Waals surface area contributed by atoms with E-state index in [1.807, 2.05) is 0 Å². The van der Waals surface area contributed by atoms with Crippen LogP contribution in [0, 0.1) is 11.8 Å². The summed E-state index contributed by atoms with van der Waals surface area (Å²) in [6, 6.07) is 0. The fourth-order valence-corrected chi connectivity index (χ4v) is 6.57. The van der Waals surface area contributed by atoms with Crippen LogP contribution >= 0.6 is 23.5 Å². The molecule has 0 saturated heterocycles. The lowest BCUT2D eigenvalue weighted by Crippen LogP contribution is -2.42. The van der Waals surface area contributed by atoms with Crippen molar-refractivity contribution in [1.29, 1.82) is 0 Å².